The molecule has 0 fully saturated rings. The van der Waals surface area contributed by atoms with Crippen LogP contribution in [0.4, 0.5) is 0 Å². The van der Waals surface area contributed by atoms with Crippen LogP contribution in [0.1, 0.15) is 5.56 Å². The van der Waals surface area contributed by atoms with E-state index in [0.29, 0.717) is 28.4 Å². The lowest BCUT2D eigenvalue weighted by molar-refractivity contribution is 0.354. The Labute approximate surface area is 124 Å². The van der Waals surface area contributed by atoms with Gasteiger partial charge in [0.05, 0.1) is 19.8 Å². The maximum absolute atomic E-state index is 11.7. The van der Waals surface area contributed by atoms with Gasteiger partial charge in [-0.2, -0.15) is 0 Å². The molecule has 0 atom stereocenters. The molecule has 1 aromatic heterocycles. The third-order valence-corrected chi connectivity index (χ3v) is 3.52. The van der Waals surface area contributed by atoms with Gasteiger partial charge in [-0.1, -0.05) is 0 Å². The Bertz CT molecular complexity index is 681. The number of methoxy groups -OCH3 is 2. The summed E-state index contributed by atoms with van der Waals surface area (Å²) in [6, 6.07) is 6.86. The highest BCUT2D eigenvalue weighted by Gasteiger charge is 2.13. The summed E-state index contributed by atoms with van der Waals surface area (Å²) in [5.74, 6) is 1.57. The lowest BCUT2D eigenvalue weighted by Gasteiger charge is -2.11. The molecule has 6 heteroatoms. The van der Waals surface area contributed by atoms with Crippen molar-refractivity contribution in [2.45, 2.75) is 6.54 Å². The van der Waals surface area contributed by atoms with E-state index in [-0.39, 0.29) is 6.54 Å². The second-order valence-electron chi connectivity index (χ2n) is 4.00. The van der Waals surface area contributed by atoms with Gasteiger partial charge in [0.2, 0.25) is 0 Å². The van der Waals surface area contributed by atoms with Gasteiger partial charge in [0.1, 0.15) is 5.76 Å². The molecule has 1 aromatic carbocycles. The van der Waals surface area contributed by atoms with E-state index >= 15 is 0 Å². The van der Waals surface area contributed by atoms with Gasteiger partial charge in [-0.15, -0.1) is 0 Å². The summed E-state index contributed by atoms with van der Waals surface area (Å²) < 4.78 is 16.5. The van der Waals surface area contributed by atoms with Crippen molar-refractivity contribution in [2.24, 2.45) is 5.73 Å². The normalized spacial score (nSPS) is 10.4. The second kappa shape index (κ2) is 6.11. The molecule has 2 N–H and O–H groups in total. The Kier molecular flexibility index (Phi) is 4.46. The minimum absolute atomic E-state index is 0.149. The van der Waals surface area contributed by atoms with E-state index in [1.54, 1.807) is 38.5 Å². The molecule has 0 saturated heterocycles. The summed E-state index contributed by atoms with van der Waals surface area (Å²) in [5, 5.41) is 0. The van der Waals surface area contributed by atoms with Crippen LogP contribution in [0.2, 0.25) is 0 Å². The van der Waals surface area contributed by atoms with Crippen molar-refractivity contribution >= 4 is 15.9 Å². The molecule has 0 bridgehead atoms. The molecule has 106 valence electrons. The maximum atomic E-state index is 11.7. The third kappa shape index (κ3) is 2.71. The second-order valence-corrected chi connectivity index (χ2v) is 4.86. The highest BCUT2D eigenvalue weighted by molar-refractivity contribution is 9.10. The van der Waals surface area contributed by atoms with E-state index in [0.717, 1.165) is 4.47 Å². The molecular formula is C14H14BrNO4. The number of benzene rings is 1. The highest BCUT2D eigenvalue weighted by Crippen LogP contribution is 2.38. The molecule has 2 aromatic rings. The van der Waals surface area contributed by atoms with Crippen LogP contribution in [0.5, 0.6) is 11.5 Å². The number of ether oxygens (including phenoxy) is 2. The molecule has 20 heavy (non-hydrogen) atoms. The van der Waals surface area contributed by atoms with E-state index in [4.69, 9.17) is 19.6 Å². The van der Waals surface area contributed by atoms with Gasteiger partial charge in [-0.3, -0.25) is 0 Å². The van der Waals surface area contributed by atoms with Gasteiger partial charge in [0.15, 0.2) is 11.5 Å². The van der Waals surface area contributed by atoms with E-state index in [1.807, 2.05) is 0 Å². The molecule has 0 spiro atoms. The molecule has 0 aliphatic carbocycles. The summed E-state index contributed by atoms with van der Waals surface area (Å²) >= 11 is 3.43. The molecule has 0 aliphatic heterocycles. The van der Waals surface area contributed by atoms with Crippen molar-refractivity contribution in [1.29, 1.82) is 0 Å². The van der Waals surface area contributed by atoms with E-state index in [1.165, 1.54) is 0 Å². The average Bonchev–Trinajstić information content (AvgIpc) is 2.46. The minimum Gasteiger partial charge on any atom is -0.493 e. The first-order chi connectivity index (χ1) is 9.60. The number of hydrogen-bond donors (Lipinski definition) is 1. The molecule has 0 aliphatic rings. The summed E-state index contributed by atoms with van der Waals surface area (Å²) in [4.78, 5) is 11.7. The largest absolute Gasteiger partial charge is 0.493 e. The first-order valence-electron chi connectivity index (χ1n) is 5.85. The standard InChI is InChI=1S/C14H14BrNO4/c1-18-12-5-9(10(15)6-13(12)19-2)11-4-3-8(7-16)14(17)20-11/h3-6H,7,16H2,1-2H3. The van der Waals surface area contributed by atoms with Crippen LogP contribution in [-0.4, -0.2) is 14.2 Å². The van der Waals surface area contributed by atoms with Gasteiger partial charge in [-0.05, 0) is 40.2 Å². The van der Waals surface area contributed by atoms with Gasteiger partial charge in [0.25, 0.3) is 0 Å². The van der Waals surface area contributed by atoms with E-state index in [2.05, 4.69) is 15.9 Å². The fourth-order valence-corrected chi connectivity index (χ4v) is 2.30. The Morgan fingerprint density at radius 1 is 1.20 bits per heavy atom. The van der Waals surface area contributed by atoms with Gasteiger partial charge in [0, 0.05) is 16.6 Å². The number of halogens is 1. The zero-order valence-electron chi connectivity index (χ0n) is 11.1. The summed E-state index contributed by atoms with van der Waals surface area (Å²) in [6.45, 7) is 0.149. The molecular weight excluding hydrogens is 326 g/mol. The van der Waals surface area contributed by atoms with Crippen LogP contribution in [0.25, 0.3) is 11.3 Å². The number of nitrogens with two attached hydrogens (primary N) is 1. The molecule has 2 rings (SSSR count). The first-order valence-corrected chi connectivity index (χ1v) is 6.65. The molecule has 1 heterocycles. The van der Waals surface area contributed by atoms with Crippen LogP contribution < -0.4 is 20.8 Å². The summed E-state index contributed by atoms with van der Waals surface area (Å²) in [7, 11) is 3.10. The topological polar surface area (TPSA) is 74.7 Å². The van der Waals surface area contributed by atoms with E-state index in [9.17, 15) is 4.79 Å². The number of rotatable bonds is 4. The Hall–Kier alpha value is -1.79. The maximum Gasteiger partial charge on any atom is 0.340 e. The monoisotopic (exact) mass is 339 g/mol. The van der Waals surface area contributed by atoms with Crippen LogP contribution >= 0.6 is 15.9 Å². The SMILES string of the molecule is COc1cc(Br)c(-c2ccc(CN)c(=O)o2)cc1OC. The predicted octanol–water partition coefficient (Wildman–Crippen LogP) is 2.55. The fourth-order valence-electron chi connectivity index (χ4n) is 1.78. The van der Waals surface area contributed by atoms with Gasteiger partial charge < -0.3 is 19.6 Å². The molecule has 0 amide bonds. The Morgan fingerprint density at radius 3 is 2.40 bits per heavy atom. The Balaban J connectivity index is 2.57. The molecule has 0 unspecified atom stereocenters. The average molecular weight is 340 g/mol. The lowest BCUT2D eigenvalue weighted by atomic mass is 10.1. The molecule has 0 radical (unpaired) electrons. The summed E-state index contributed by atoms with van der Waals surface area (Å²) in [6.07, 6.45) is 0. The van der Waals surface area contributed by atoms with Crippen molar-refractivity contribution in [3.8, 4) is 22.8 Å². The van der Waals surface area contributed by atoms with Crippen molar-refractivity contribution < 1.29 is 13.9 Å². The smallest absolute Gasteiger partial charge is 0.340 e. The molecule has 5 nitrogen and oxygen atoms in total. The van der Waals surface area contributed by atoms with Crippen LogP contribution in [0.3, 0.4) is 0 Å². The lowest BCUT2D eigenvalue weighted by Crippen LogP contribution is -2.11. The van der Waals surface area contributed by atoms with Crippen molar-refractivity contribution in [2.75, 3.05) is 14.2 Å². The fraction of sp³-hybridized carbons (Fsp3) is 0.214. The Morgan fingerprint density at radius 2 is 1.85 bits per heavy atom. The van der Waals surface area contributed by atoms with Gasteiger partial charge in [-0.25, -0.2) is 4.79 Å². The van der Waals surface area contributed by atoms with Crippen molar-refractivity contribution in [3.05, 3.63) is 44.7 Å². The zero-order valence-corrected chi connectivity index (χ0v) is 12.7. The van der Waals surface area contributed by atoms with Crippen molar-refractivity contribution in [1.82, 2.24) is 0 Å². The minimum atomic E-state index is -0.438. The van der Waals surface area contributed by atoms with Crippen LogP contribution in [0, 0.1) is 0 Å². The predicted molar refractivity (Wildman–Crippen MR) is 79.1 cm³/mol. The van der Waals surface area contributed by atoms with Crippen LogP contribution in [0.15, 0.2) is 37.9 Å². The van der Waals surface area contributed by atoms with Crippen molar-refractivity contribution in [3.63, 3.8) is 0 Å². The third-order valence-electron chi connectivity index (χ3n) is 2.86. The highest BCUT2D eigenvalue weighted by atomic mass is 79.9. The zero-order chi connectivity index (χ0) is 14.7. The quantitative estimate of drug-likeness (QED) is 0.926. The first kappa shape index (κ1) is 14.6. The van der Waals surface area contributed by atoms with E-state index < -0.39 is 5.63 Å². The summed E-state index contributed by atoms with van der Waals surface area (Å²) in [5.41, 5.74) is 6.14. The molecule has 0 saturated carbocycles. The number of hydrogen-bond acceptors (Lipinski definition) is 5. The van der Waals surface area contributed by atoms with Crippen LogP contribution in [-0.2, 0) is 6.54 Å². The van der Waals surface area contributed by atoms with Gasteiger partial charge >= 0.3 is 5.63 Å².